The molecule has 0 aliphatic heterocycles. The number of nitrogen functional groups attached to an aromatic ring is 1. The third kappa shape index (κ3) is 2.78. The number of fused-ring (bicyclic) bond motifs is 1. The molecule has 25 heavy (non-hydrogen) atoms. The Bertz CT molecular complexity index is 982. The van der Waals surface area contributed by atoms with Gasteiger partial charge in [-0.25, -0.2) is 15.4 Å². The molecule has 1 aromatic heterocycles. The first kappa shape index (κ1) is 16.8. The molecule has 130 valence electrons. The minimum absolute atomic E-state index is 0.236. The topological polar surface area (TPSA) is 91.4 Å². The smallest absolute Gasteiger partial charge is 0.267 e. The summed E-state index contributed by atoms with van der Waals surface area (Å²) in [5, 5.41) is 0.419. The fourth-order valence-electron chi connectivity index (χ4n) is 2.86. The molecule has 7 nitrogen and oxygen atoms in total. The average Bonchev–Trinajstić information content (AvgIpc) is 2.66. The number of nitrogens with two attached hydrogens (primary N) is 1. The number of hydrazine groups is 1. The summed E-state index contributed by atoms with van der Waals surface area (Å²) in [4.78, 5) is 17.7. The first-order chi connectivity index (χ1) is 12.1. The van der Waals surface area contributed by atoms with Crippen molar-refractivity contribution in [3.8, 4) is 17.2 Å². The molecule has 1 heterocycles. The van der Waals surface area contributed by atoms with Gasteiger partial charge in [0.15, 0.2) is 11.5 Å². The summed E-state index contributed by atoms with van der Waals surface area (Å²) in [5.41, 5.74) is 4.52. The number of aryl methyl sites for hydroxylation is 1. The monoisotopic (exact) mass is 340 g/mol. The Labute approximate surface area is 145 Å². The Morgan fingerprint density at radius 1 is 1.16 bits per heavy atom. The third-order valence-corrected chi connectivity index (χ3v) is 4.12. The van der Waals surface area contributed by atoms with Crippen LogP contribution in [0.1, 0.15) is 12.5 Å². The molecule has 0 saturated carbocycles. The van der Waals surface area contributed by atoms with E-state index >= 15 is 0 Å². The van der Waals surface area contributed by atoms with Gasteiger partial charge in [-0.05, 0) is 24.1 Å². The highest BCUT2D eigenvalue weighted by Crippen LogP contribution is 2.31. The molecule has 0 spiro atoms. The molecule has 0 unspecified atom stereocenters. The number of hydrogen-bond donors (Lipinski definition) is 2. The number of ether oxygens (including phenoxy) is 2. The van der Waals surface area contributed by atoms with Gasteiger partial charge in [0, 0.05) is 6.07 Å². The van der Waals surface area contributed by atoms with Crippen molar-refractivity contribution >= 4 is 16.9 Å². The number of aromatic nitrogens is 2. The van der Waals surface area contributed by atoms with E-state index in [9.17, 15) is 4.79 Å². The van der Waals surface area contributed by atoms with Crippen molar-refractivity contribution in [1.29, 1.82) is 0 Å². The van der Waals surface area contributed by atoms with Crippen LogP contribution in [-0.4, -0.2) is 23.8 Å². The van der Waals surface area contributed by atoms with Crippen molar-refractivity contribution in [3.05, 3.63) is 52.3 Å². The molecule has 0 amide bonds. The summed E-state index contributed by atoms with van der Waals surface area (Å²) >= 11 is 0. The number of para-hydroxylation sites is 1. The number of rotatable bonds is 5. The average molecular weight is 340 g/mol. The summed E-state index contributed by atoms with van der Waals surface area (Å²) < 4.78 is 12.1. The standard InChI is InChI=1S/C18H20N4O3/c1-4-11-7-5-6-8-14(11)22-17(23)12-9-15(24-2)16(25-3)10-13(12)20-18(22)21-19/h5-10H,4,19H2,1-3H3,(H,20,21). The summed E-state index contributed by atoms with van der Waals surface area (Å²) in [6.07, 6.45) is 0.774. The van der Waals surface area contributed by atoms with Crippen LogP contribution >= 0.6 is 0 Å². The van der Waals surface area contributed by atoms with Crippen LogP contribution in [0, 0.1) is 0 Å². The summed E-state index contributed by atoms with van der Waals surface area (Å²) in [7, 11) is 3.06. The predicted molar refractivity (Wildman–Crippen MR) is 97.6 cm³/mol. The van der Waals surface area contributed by atoms with E-state index in [0.717, 1.165) is 17.7 Å². The Balaban J connectivity index is 2.40. The number of anilines is 1. The van der Waals surface area contributed by atoms with Crippen molar-refractivity contribution in [2.75, 3.05) is 19.6 Å². The second-order valence-electron chi connectivity index (χ2n) is 5.43. The zero-order valence-electron chi connectivity index (χ0n) is 14.4. The highest BCUT2D eigenvalue weighted by atomic mass is 16.5. The fraction of sp³-hybridized carbons (Fsp3) is 0.222. The molecule has 0 aliphatic rings. The molecule has 0 fully saturated rings. The molecule has 0 atom stereocenters. The second kappa shape index (κ2) is 6.82. The van der Waals surface area contributed by atoms with E-state index in [1.807, 2.05) is 31.2 Å². The predicted octanol–water partition coefficient (Wildman–Crippen LogP) is 2.25. The maximum absolute atomic E-state index is 13.2. The lowest BCUT2D eigenvalue weighted by atomic mass is 10.1. The number of hydrogen-bond acceptors (Lipinski definition) is 6. The van der Waals surface area contributed by atoms with Crippen LogP contribution in [0.4, 0.5) is 5.95 Å². The fourth-order valence-corrected chi connectivity index (χ4v) is 2.86. The van der Waals surface area contributed by atoms with E-state index in [1.165, 1.54) is 18.8 Å². The minimum Gasteiger partial charge on any atom is -0.493 e. The maximum Gasteiger partial charge on any atom is 0.267 e. The van der Waals surface area contributed by atoms with Crippen molar-refractivity contribution in [2.45, 2.75) is 13.3 Å². The number of nitrogens with one attached hydrogen (secondary N) is 1. The Morgan fingerprint density at radius 3 is 2.48 bits per heavy atom. The molecule has 0 aliphatic carbocycles. The highest BCUT2D eigenvalue weighted by Gasteiger charge is 2.17. The van der Waals surface area contributed by atoms with Crippen LogP contribution in [-0.2, 0) is 6.42 Å². The largest absolute Gasteiger partial charge is 0.493 e. The van der Waals surface area contributed by atoms with Crippen LogP contribution < -0.4 is 26.3 Å². The van der Waals surface area contributed by atoms with Gasteiger partial charge in [-0.15, -0.1) is 0 Å². The number of nitrogens with zero attached hydrogens (tertiary/aromatic N) is 2. The summed E-state index contributed by atoms with van der Waals surface area (Å²) in [6.45, 7) is 2.03. The van der Waals surface area contributed by atoms with Gasteiger partial charge in [-0.1, -0.05) is 25.1 Å². The lowest BCUT2D eigenvalue weighted by Gasteiger charge is -2.16. The molecule has 3 rings (SSSR count). The lowest BCUT2D eigenvalue weighted by Crippen LogP contribution is -2.26. The van der Waals surface area contributed by atoms with E-state index in [2.05, 4.69) is 10.4 Å². The van der Waals surface area contributed by atoms with E-state index in [0.29, 0.717) is 22.4 Å². The second-order valence-corrected chi connectivity index (χ2v) is 5.43. The first-order valence-electron chi connectivity index (χ1n) is 7.88. The SMILES string of the molecule is CCc1ccccc1-n1c(NN)nc2cc(OC)c(OC)cc2c1=O. The molecule has 0 radical (unpaired) electrons. The molecular formula is C18H20N4O3. The van der Waals surface area contributed by atoms with Gasteiger partial charge in [0.05, 0.1) is 30.8 Å². The van der Waals surface area contributed by atoms with Crippen LogP contribution in [0.15, 0.2) is 41.2 Å². The molecule has 3 N–H and O–H groups in total. The van der Waals surface area contributed by atoms with Gasteiger partial charge >= 0.3 is 0 Å². The van der Waals surface area contributed by atoms with Crippen molar-refractivity contribution in [2.24, 2.45) is 5.84 Å². The zero-order valence-corrected chi connectivity index (χ0v) is 14.4. The van der Waals surface area contributed by atoms with E-state index < -0.39 is 0 Å². The van der Waals surface area contributed by atoms with Crippen LogP contribution in [0.3, 0.4) is 0 Å². The molecule has 7 heteroatoms. The van der Waals surface area contributed by atoms with Gasteiger partial charge in [-0.3, -0.25) is 10.2 Å². The molecule has 0 saturated heterocycles. The van der Waals surface area contributed by atoms with Crippen molar-refractivity contribution < 1.29 is 9.47 Å². The van der Waals surface area contributed by atoms with Gasteiger partial charge in [-0.2, -0.15) is 0 Å². The quantitative estimate of drug-likeness (QED) is 0.547. The number of benzene rings is 2. The maximum atomic E-state index is 13.2. The Hall–Kier alpha value is -3.06. The van der Waals surface area contributed by atoms with Crippen LogP contribution in [0.2, 0.25) is 0 Å². The Kier molecular flexibility index (Phi) is 4.58. The Morgan fingerprint density at radius 2 is 1.84 bits per heavy atom. The lowest BCUT2D eigenvalue weighted by molar-refractivity contribution is 0.355. The van der Waals surface area contributed by atoms with Crippen LogP contribution in [0.5, 0.6) is 11.5 Å². The molecular weight excluding hydrogens is 320 g/mol. The minimum atomic E-state index is -0.236. The number of methoxy groups -OCH3 is 2. The van der Waals surface area contributed by atoms with Gasteiger partial charge in [0.2, 0.25) is 5.95 Å². The van der Waals surface area contributed by atoms with E-state index in [1.54, 1.807) is 12.1 Å². The summed E-state index contributed by atoms with van der Waals surface area (Å²) in [6, 6.07) is 10.9. The molecule has 0 bridgehead atoms. The zero-order chi connectivity index (χ0) is 18.0. The van der Waals surface area contributed by atoms with Gasteiger partial charge < -0.3 is 9.47 Å². The van der Waals surface area contributed by atoms with Crippen LogP contribution in [0.25, 0.3) is 16.6 Å². The molecule has 2 aromatic carbocycles. The molecule has 3 aromatic rings. The van der Waals surface area contributed by atoms with Gasteiger partial charge in [0.25, 0.3) is 5.56 Å². The van der Waals surface area contributed by atoms with Gasteiger partial charge in [0.1, 0.15) is 0 Å². The van der Waals surface area contributed by atoms with E-state index in [4.69, 9.17) is 15.3 Å². The van der Waals surface area contributed by atoms with E-state index in [-0.39, 0.29) is 11.5 Å². The van der Waals surface area contributed by atoms with Crippen molar-refractivity contribution in [1.82, 2.24) is 9.55 Å². The highest BCUT2D eigenvalue weighted by molar-refractivity contribution is 5.83. The van der Waals surface area contributed by atoms with Crippen molar-refractivity contribution in [3.63, 3.8) is 0 Å². The summed E-state index contributed by atoms with van der Waals surface area (Å²) in [5.74, 6) is 6.86. The third-order valence-electron chi connectivity index (χ3n) is 4.12. The first-order valence-corrected chi connectivity index (χ1v) is 7.88. The normalized spacial score (nSPS) is 10.7.